The lowest BCUT2D eigenvalue weighted by Gasteiger charge is -2.18. The molecule has 1 aliphatic rings. The Morgan fingerprint density at radius 3 is 2.88 bits per heavy atom. The Labute approximate surface area is 105 Å². The number of benzene rings is 1. The summed E-state index contributed by atoms with van der Waals surface area (Å²) in [6, 6.07) is 5.41. The van der Waals surface area contributed by atoms with E-state index >= 15 is 0 Å². The summed E-state index contributed by atoms with van der Waals surface area (Å²) in [7, 11) is 0. The smallest absolute Gasteiger partial charge is 0.310 e. The fourth-order valence-electron chi connectivity index (χ4n) is 2.21. The van der Waals surface area contributed by atoms with Gasteiger partial charge in [0, 0.05) is 5.02 Å². The summed E-state index contributed by atoms with van der Waals surface area (Å²) in [5, 5.41) is 9.75. The summed E-state index contributed by atoms with van der Waals surface area (Å²) in [6.07, 6.45) is 2.20. The molecule has 2 atom stereocenters. The van der Waals surface area contributed by atoms with Crippen molar-refractivity contribution in [3.8, 4) is 5.75 Å². The van der Waals surface area contributed by atoms with Crippen LogP contribution in [0.2, 0.25) is 5.02 Å². The molecule has 0 aromatic heterocycles. The van der Waals surface area contributed by atoms with E-state index in [1.807, 2.05) is 13.0 Å². The summed E-state index contributed by atoms with van der Waals surface area (Å²) in [5.74, 6) is -0.450. The van der Waals surface area contributed by atoms with Crippen molar-refractivity contribution in [1.29, 1.82) is 0 Å². The van der Waals surface area contributed by atoms with E-state index in [1.54, 1.807) is 12.1 Å². The Hall–Kier alpha value is -1.22. The average Bonchev–Trinajstić information content (AvgIpc) is 2.72. The van der Waals surface area contributed by atoms with E-state index in [-0.39, 0.29) is 12.0 Å². The SMILES string of the molecule is Cc1cc(OC2CCCC2C(=O)O)ccc1Cl. The number of hydrogen-bond donors (Lipinski definition) is 1. The second-order valence-corrected chi connectivity index (χ2v) is 4.85. The number of carboxylic acid groups (broad SMARTS) is 1. The van der Waals surface area contributed by atoms with Gasteiger partial charge in [0.2, 0.25) is 0 Å². The van der Waals surface area contributed by atoms with Crippen molar-refractivity contribution in [2.75, 3.05) is 0 Å². The Morgan fingerprint density at radius 2 is 2.24 bits per heavy atom. The highest BCUT2D eigenvalue weighted by atomic mass is 35.5. The van der Waals surface area contributed by atoms with Crippen molar-refractivity contribution >= 4 is 17.6 Å². The van der Waals surface area contributed by atoms with Crippen molar-refractivity contribution < 1.29 is 14.6 Å². The number of hydrogen-bond acceptors (Lipinski definition) is 2. The van der Waals surface area contributed by atoms with Gasteiger partial charge in [-0.25, -0.2) is 0 Å². The number of rotatable bonds is 3. The summed E-state index contributed by atoms with van der Waals surface area (Å²) in [5.41, 5.74) is 0.939. The van der Waals surface area contributed by atoms with Gasteiger partial charge in [-0.1, -0.05) is 11.6 Å². The predicted octanol–water partition coefficient (Wildman–Crippen LogP) is 3.28. The molecule has 2 unspecified atom stereocenters. The Bertz CT molecular complexity index is 431. The minimum absolute atomic E-state index is 0.215. The number of halogens is 1. The van der Waals surface area contributed by atoms with Crippen molar-refractivity contribution in [3.05, 3.63) is 28.8 Å². The van der Waals surface area contributed by atoms with Crippen LogP contribution in [0.15, 0.2) is 18.2 Å². The molecule has 0 aliphatic heterocycles. The molecule has 1 fully saturated rings. The standard InChI is InChI=1S/C13H15ClO3/c1-8-7-9(5-6-11(8)14)17-12-4-2-3-10(12)13(15)16/h5-7,10,12H,2-4H2,1H3,(H,15,16). The molecule has 0 radical (unpaired) electrons. The van der Waals surface area contributed by atoms with Crippen LogP contribution >= 0.6 is 11.6 Å². The first-order chi connectivity index (χ1) is 8.08. The molecule has 4 heteroatoms. The number of carboxylic acids is 1. The second kappa shape index (κ2) is 4.96. The topological polar surface area (TPSA) is 46.5 Å². The zero-order valence-electron chi connectivity index (χ0n) is 9.65. The molecule has 1 aromatic rings. The quantitative estimate of drug-likeness (QED) is 0.900. The summed E-state index contributed by atoms with van der Waals surface area (Å²) in [6.45, 7) is 1.90. The van der Waals surface area contributed by atoms with E-state index in [1.165, 1.54) is 0 Å². The normalized spacial score (nSPS) is 23.6. The van der Waals surface area contributed by atoms with Gasteiger partial charge >= 0.3 is 5.97 Å². The first-order valence-corrected chi connectivity index (χ1v) is 6.11. The lowest BCUT2D eigenvalue weighted by Crippen LogP contribution is -2.27. The van der Waals surface area contributed by atoms with Crippen LogP contribution < -0.4 is 4.74 Å². The first kappa shape index (κ1) is 12.2. The monoisotopic (exact) mass is 254 g/mol. The summed E-state index contributed by atoms with van der Waals surface area (Å²) in [4.78, 5) is 11.0. The Morgan fingerprint density at radius 1 is 1.47 bits per heavy atom. The van der Waals surface area contributed by atoms with Crippen LogP contribution in [0.3, 0.4) is 0 Å². The van der Waals surface area contributed by atoms with Crippen LogP contribution in [0.25, 0.3) is 0 Å². The van der Waals surface area contributed by atoms with Crippen molar-refractivity contribution in [2.45, 2.75) is 32.3 Å². The molecule has 92 valence electrons. The number of carbonyl (C=O) groups is 1. The molecular weight excluding hydrogens is 240 g/mol. The van der Waals surface area contributed by atoms with Gasteiger partial charge in [0.05, 0.1) is 5.92 Å². The summed E-state index contributed by atoms with van der Waals surface area (Å²) < 4.78 is 5.75. The Balaban J connectivity index is 2.09. The lowest BCUT2D eigenvalue weighted by atomic mass is 10.1. The van der Waals surface area contributed by atoms with Gasteiger partial charge in [-0.05, 0) is 49.9 Å². The summed E-state index contributed by atoms with van der Waals surface area (Å²) >= 11 is 5.93. The molecule has 0 amide bonds. The molecule has 1 N–H and O–H groups in total. The largest absolute Gasteiger partial charge is 0.490 e. The average molecular weight is 255 g/mol. The third-order valence-corrected chi connectivity index (χ3v) is 3.61. The van der Waals surface area contributed by atoms with E-state index < -0.39 is 5.97 Å². The molecule has 0 heterocycles. The molecule has 17 heavy (non-hydrogen) atoms. The molecule has 1 saturated carbocycles. The number of aliphatic carboxylic acids is 1. The van der Waals surface area contributed by atoms with Gasteiger partial charge in [-0.2, -0.15) is 0 Å². The maximum absolute atomic E-state index is 11.0. The third kappa shape index (κ3) is 2.72. The molecule has 1 aromatic carbocycles. The van der Waals surface area contributed by atoms with Crippen LogP contribution in [0.1, 0.15) is 24.8 Å². The fraction of sp³-hybridized carbons (Fsp3) is 0.462. The molecular formula is C13H15ClO3. The predicted molar refractivity (Wildman–Crippen MR) is 65.6 cm³/mol. The van der Waals surface area contributed by atoms with Gasteiger partial charge < -0.3 is 9.84 Å². The van der Waals surface area contributed by atoms with Gasteiger partial charge in [0.1, 0.15) is 11.9 Å². The molecule has 3 nitrogen and oxygen atoms in total. The minimum Gasteiger partial charge on any atom is -0.490 e. The van der Waals surface area contributed by atoms with Crippen molar-refractivity contribution in [2.24, 2.45) is 5.92 Å². The van der Waals surface area contributed by atoms with Crippen molar-refractivity contribution in [3.63, 3.8) is 0 Å². The second-order valence-electron chi connectivity index (χ2n) is 4.44. The van der Waals surface area contributed by atoms with Crippen LogP contribution in [0.5, 0.6) is 5.75 Å². The molecule has 0 spiro atoms. The van der Waals surface area contributed by atoms with Crippen molar-refractivity contribution in [1.82, 2.24) is 0 Å². The molecule has 1 aliphatic carbocycles. The van der Waals surface area contributed by atoms with E-state index in [9.17, 15) is 4.79 Å². The van der Waals surface area contributed by atoms with Gasteiger partial charge in [-0.15, -0.1) is 0 Å². The van der Waals surface area contributed by atoms with Gasteiger partial charge in [-0.3, -0.25) is 4.79 Å². The fourth-order valence-corrected chi connectivity index (χ4v) is 2.33. The van der Waals surface area contributed by atoms with Gasteiger partial charge in [0.15, 0.2) is 0 Å². The van der Waals surface area contributed by atoms with Crippen LogP contribution in [-0.2, 0) is 4.79 Å². The highest BCUT2D eigenvalue weighted by Crippen LogP contribution is 2.31. The number of aryl methyl sites for hydroxylation is 1. The highest BCUT2D eigenvalue weighted by molar-refractivity contribution is 6.31. The molecule has 0 bridgehead atoms. The minimum atomic E-state index is -0.766. The van der Waals surface area contributed by atoms with Crippen LogP contribution in [-0.4, -0.2) is 17.2 Å². The van der Waals surface area contributed by atoms with E-state index in [4.69, 9.17) is 21.4 Å². The van der Waals surface area contributed by atoms with E-state index in [0.717, 1.165) is 18.4 Å². The van der Waals surface area contributed by atoms with E-state index in [0.29, 0.717) is 17.2 Å². The van der Waals surface area contributed by atoms with Crippen LogP contribution in [0, 0.1) is 12.8 Å². The van der Waals surface area contributed by atoms with E-state index in [2.05, 4.69) is 0 Å². The Kier molecular flexibility index (Phi) is 3.57. The van der Waals surface area contributed by atoms with Gasteiger partial charge in [0.25, 0.3) is 0 Å². The third-order valence-electron chi connectivity index (χ3n) is 3.19. The lowest BCUT2D eigenvalue weighted by molar-refractivity contribution is -0.143. The number of ether oxygens (including phenoxy) is 1. The maximum atomic E-state index is 11.0. The molecule has 2 rings (SSSR count). The zero-order valence-corrected chi connectivity index (χ0v) is 10.4. The van der Waals surface area contributed by atoms with Crippen LogP contribution in [0.4, 0.5) is 0 Å². The molecule has 0 saturated heterocycles. The highest BCUT2D eigenvalue weighted by Gasteiger charge is 2.34. The first-order valence-electron chi connectivity index (χ1n) is 5.73. The zero-order chi connectivity index (χ0) is 12.4. The maximum Gasteiger partial charge on any atom is 0.310 e.